The third-order valence-electron chi connectivity index (χ3n) is 5.27. The Morgan fingerprint density at radius 2 is 1.62 bits per heavy atom. The summed E-state index contributed by atoms with van der Waals surface area (Å²) >= 11 is 5.89. The van der Waals surface area contributed by atoms with E-state index in [1.165, 1.54) is 37.4 Å². The zero-order chi connectivity index (χ0) is 24.5. The number of hydrogen-bond donors (Lipinski definition) is 1. The van der Waals surface area contributed by atoms with Crippen LogP contribution in [0.5, 0.6) is 5.75 Å². The molecule has 1 aromatic heterocycles. The second-order valence-corrected chi connectivity index (χ2v) is 7.90. The molecule has 0 aliphatic carbocycles. The molecule has 1 amide bonds. The molecule has 0 aliphatic heterocycles. The number of para-hydroxylation sites is 1. The number of ether oxygens (including phenoxy) is 1. The van der Waals surface area contributed by atoms with Crippen LogP contribution in [0.3, 0.4) is 0 Å². The summed E-state index contributed by atoms with van der Waals surface area (Å²) in [4.78, 5) is 25.8. The van der Waals surface area contributed by atoms with Crippen molar-refractivity contribution in [1.29, 1.82) is 0 Å². The lowest BCUT2D eigenvalue weighted by molar-refractivity contribution is -0.143. The van der Waals surface area contributed by atoms with E-state index < -0.39 is 29.1 Å². The smallest absolute Gasteiger partial charge is 0.432 e. The van der Waals surface area contributed by atoms with Gasteiger partial charge in [-0.2, -0.15) is 13.2 Å². The van der Waals surface area contributed by atoms with Gasteiger partial charge >= 0.3 is 6.18 Å². The molecule has 4 rings (SSSR count). The largest absolute Gasteiger partial charge is 0.497 e. The van der Waals surface area contributed by atoms with Crippen LogP contribution in [0.2, 0.25) is 5.02 Å². The van der Waals surface area contributed by atoms with Gasteiger partial charge in [-0.1, -0.05) is 41.9 Å². The summed E-state index contributed by atoms with van der Waals surface area (Å²) in [6.45, 7) is -0.167. The number of nitrogens with zero attached hydrogens (tertiary/aromatic N) is 1. The highest BCUT2D eigenvalue weighted by Crippen LogP contribution is 2.39. The molecule has 5 nitrogen and oxygen atoms in total. The van der Waals surface area contributed by atoms with Crippen molar-refractivity contribution < 1.29 is 27.5 Å². The maximum absolute atomic E-state index is 14.3. The Morgan fingerprint density at radius 3 is 2.24 bits per heavy atom. The highest BCUT2D eigenvalue weighted by molar-refractivity contribution is 6.48. The average Bonchev–Trinajstić information content (AvgIpc) is 3.15. The molecule has 1 heterocycles. The van der Waals surface area contributed by atoms with Gasteiger partial charge in [0.1, 0.15) is 11.4 Å². The van der Waals surface area contributed by atoms with Gasteiger partial charge in [-0.25, -0.2) is 0 Å². The van der Waals surface area contributed by atoms with Gasteiger partial charge in [0.15, 0.2) is 0 Å². The average molecular weight is 487 g/mol. The van der Waals surface area contributed by atoms with Gasteiger partial charge in [-0.05, 0) is 48.0 Å². The highest BCUT2D eigenvalue weighted by atomic mass is 35.5. The van der Waals surface area contributed by atoms with Gasteiger partial charge in [-0.3, -0.25) is 9.59 Å². The molecule has 1 N–H and O–H groups in total. The molecule has 0 fully saturated rings. The zero-order valence-corrected chi connectivity index (χ0v) is 18.6. The van der Waals surface area contributed by atoms with Gasteiger partial charge in [0, 0.05) is 28.2 Å². The molecular formula is C25H18ClF3N2O3. The number of halogens is 4. The molecule has 4 aromatic rings. The zero-order valence-electron chi connectivity index (χ0n) is 17.8. The Kier molecular flexibility index (Phi) is 6.34. The maximum Gasteiger partial charge on any atom is 0.432 e. The van der Waals surface area contributed by atoms with Crippen molar-refractivity contribution in [2.24, 2.45) is 0 Å². The number of anilines is 1. The second-order valence-electron chi connectivity index (χ2n) is 7.46. The minimum Gasteiger partial charge on any atom is -0.497 e. The Balaban J connectivity index is 1.80. The van der Waals surface area contributed by atoms with Gasteiger partial charge in [0.05, 0.1) is 12.7 Å². The third-order valence-corrected chi connectivity index (χ3v) is 5.53. The van der Waals surface area contributed by atoms with E-state index in [9.17, 15) is 22.8 Å². The molecular weight excluding hydrogens is 469 g/mol. The van der Waals surface area contributed by atoms with Gasteiger partial charge < -0.3 is 14.6 Å². The summed E-state index contributed by atoms with van der Waals surface area (Å²) in [5.74, 6) is -1.94. The fourth-order valence-electron chi connectivity index (χ4n) is 3.74. The van der Waals surface area contributed by atoms with Gasteiger partial charge in [0.25, 0.3) is 11.7 Å². The number of carbonyl (C=O) groups excluding carboxylic acids is 2. The predicted octanol–water partition coefficient (Wildman–Crippen LogP) is 6.19. The summed E-state index contributed by atoms with van der Waals surface area (Å²) in [7, 11) is 1.47. The minimum absolute atomic E-state index is 0.0404. The summed E-state index contributed by atoms with van der Waals surface area (Å²) in [5, 5.41) is 2.85. The fraction of sp³-hybridized carbons (Fsp3) is 0.120. The lowest BCUT2D eigenvalue weighted by atomic mass is 10.1. The number of rotatable bonds is 6. The first kappa shape index (κ1) is 23.4. The first-order chi connectivity index (χ1) is 16.2. The van der Waals surface area contributed by atoms with E-state index in [0.29, 0.717) is 16.3 Å². The van der Waals surface area contributed by atoms with Gasteiger partial charge in [0.2, 0.25) is 0 Å². The van der Waals surface area contributed by atoms with Crippen LogP contribution >= 0.6 is 11.6 Å². The second kappa shape index (κ2) is 9.23. The minimum atomic E-state index is -4.89. The number of benzene rings is 3. The summed E-state index contributed by atoms with van der Waals surface area (Å²) in [6, 6.07) is 18.4. The van der Waals surface area contributed by atoms with E-state index in [4.69, 9.17) is 16.3 Å². The number of carbonyl (C=O) groups is 2. The molecule has 0 saturated carbocycles. The number of ketones is 1. The molecule has 0 spiro atoms. The van der Waals surface area contributed by atoms with Gasteiger partial charge in [-0.15, -0.1) is 0 Å². The van der Waals surface area contributed by atoms with Crippen molar-refractivity contribution in [2.45, 2.75) is 12.7 Å². The van der Waals surface area contributed by atoms with Crippen molar-refractivity contribution in [3.05, 3.63) is 94.6 Å². The first-order valence-electron chi connectivity index (χ1n) is 10.1. The standard InChI is InChI=1S/C25H18ClF3N2O3/c1-34-18-12-10-17(11-13-18)30-24(33)22(32)21-19-4-2-3-5-20(19)31(23(21)25(27,28)29)14-15-6-8-16(26)9-7-15/h2-13H,14H2,1H3,(H,30,33). The van der Waals surface area contributed by atoms with Crippen LogP contribution in [0.15, 0.2) is 72.8 Å². The quantitative estimate of drug-likeness (QED) is 0.261. The molecule has 34 heavy (non-hydrogen) atoms. The lowest BCUT2D eigenvalue weighted by Crippen LogP contribution is -2.26. The number of methoxy groups -OCH3 is 1. The normalized spacial score (nSPS) is 11.4. The van der Waals surface area contributed by atoms with E-state index in [0.717, 1.165) is 4.57 Å². The van der Waals surface area contributed by atoms with Crippen LogP contribution in [-0.4, -0.2) is 23.4 Å². The molecule has 9 heteroatoms. The lowest BCUT2D eigenvalue weighted by Gasteiger charge is -2.15. The number of Topliss-reactive ketones (excluding diaryl/α,β-unsaturated/α-hetero) is 1. The molecule has 0 unspecified atom stereocenters. The molecule has 0 atom stereocenters. The monoisotopic (exact) mass is 486 g/mol. The van der Waals surface area contributed by atoms with Crippen molar-refractivity contribution in [3.63, 3.8) is 0 Å². The fourth-order valence-corrected chi connectivity index (χ4v) is 3.87. The number of amides is 1. The first-order valence-corrected chi connectivity index (χ1v) is 10.5. The molecule has 0 saturated heterocycles. The molecule has 0 radical (unpaired) electrons. The number of nitrogens with one attached hydrogen (secondary N) is 1. The van der Waals surface area contributed by atoms with E-state index in [2.05, 4.69) is 5.32 Å². The molecule has 0 aliphatic rings. The Bertz CT molecular complexity index is 1360. The van der Waals surface area contributed by atoms with Crippen molar-refractivity contribution in [2.75, 3.05) is 12.4 Å². The molecule has 3 aromatic carbocycles. The predicted molar refractivity (Wildman–Crippen MR) is 123 cm³/mol. The van der Waals surface area contributed by atoms with Crippen LogP contribution in [0.4, 0.5) is 18.9 Å². The van der Waals surface area contributed by atoms with Crippen molar-refractivity contribution in [1.82, 2.24) is 4.57 Å². The van der Waals surface area contributed by atoms with E-state index in [1.807, 2.05) is 0 Å². The Morgan fingerprint density at radius 1 is 0.971 bits per heavy atom. The summed E-state index contributed by atoms with van der Waals surface area (Å²) in [6.07, 6.45) is -4.89. The van der Waals surface area contributed by atoms with E-state index in [1.54, 1.807) is 42.5 Å². The maximum atomic E-state index is 14.3. The number of hydrogen-bond acceptors (Lipinski definition) is 3. The van der Waals surface area contributed by atoms with Crippen LogP contribution < -0.4 is 10.1 Å². The number of alkyl halides is 3. The summed E-state index contributed by atoms with van der Waals surface area (Å²) < 4.78 is 49.0. The Labute approximate surface area is 197 Å². The summed E-state index contributed by atoms with van der Waals surface area (Å²) in [5.41, 5.74) is -0.887. The third kappa shape index (κ3) is 4.63. The van der Waals surface area contributed by atoms with Crippen LogP contribution in [0.1, 0.15) is 21.6 Å². The van der Waals surface area contributed by atoms with Crippen LogP contribution in [0.25, 0.3) is 10.9 Å². The Hall–Kier alpha value is -3.78. The molecule has 0 bridgehead atoms. The van der Waals surface area contributed by atoms with Crippen molar-refractivity contribution >= 4 is 39.9 Å². The topological polar surface area (TPSA) is 60.3 Å². The molecule has 174 valence electrons. The number of fused-ring (bicyclic) bond motifs is 1. The van der Waals surface area contributed by atoms with Crippen LogP contribution in [0, 0.1) is 0 Å². The van der Waals surface area contributed by atoms with Crippen LogP contribution in [-0.2, 0) is 17.5 Å². The highest BCUT2D eigenvalue weighted by Gasteiger charge is 2.42. The van der Waals surface area contributed by atoms with Crippen molar-refractivity contribution in [3.8, 4) is 5.75 Å². The SMILES string of the molecule is COc1ccc(NC(=O)C(=O)c2c(C(F)(F)F)n(Cc3ccc(Cl)cc3)c3ccccc23)cc1. The number of aromatic nitrogens is 1. The van der Waals surface area contributed by atoms with E-state index >= 15 is 0 Å². The van der Waals surface area contributed by atoms with E-state index in [-0.39, 0.29) is 23.1 Å².